The van der Waals surface area contributed by atoms with Crippen LogP contribution in [0.1, 0.15) is 81.7 Å². The van der Waals surface area contributed by atoms with Crippen LogP contribution in [0.5, 0.6) is 0 Å². The van der Waals surface area contributed by atoms with Crippen LogP contribution in [-0.2, 0) is 6.42 Å². The quantitative estimate of drug-likeness (QED) is 0.112. The predicted molar refractivity (Wildman–Crippen MR) is 157 cm³/mol. The zero-order valence-electron chi connectivity index (χ0n) is 23.6. The molecule has 0 bridgehead atoms. The number of hydrogen-bond acceptors (Lipinski definition) is 2. The van der Waals surface area contributed by atoms with Crippen molar-refractivity contribution in [3.8, 4) is 0 Å². The fourth-order valence-electron chi connectivity index (χ4n) is 4.29. The zero-order chi connectivity index (χ0) is 30.2. The van der Waals surface area contributed by atoms with Crippen LogP contribution in [-0.4, -0.2) is 16.9 Å². The molecule has 3 rings (SSSR count). The normalized spacial score (nSPS) is 13.0. The molecule has 0 aliphatic rings. The number of fused-ring (bicyclic) bond motifs is 1. The molecule has 0 spiro atoms. The molecule has 1 heterocycles. The van der Waals surface area contributed by atoms with Crippen molar-refractivity contribution in [1.82, 2.24) is 4.98 Å². The lowest BCUT2D eigenvalue weighted by molar-refractivity contribution is -0.0878. The van der Waals surface area contributed by atoms with Crippen LogP contribution in [0, 0.1) is 18.6 Å². The van der Waals surface area contributed by atoms with E-state index in [-0.39, 0.29) is 5.92 Å². The number of unbranched alkanes of at least 4 members (excludes halogenated alkanes) is 1. The van der Waals surface area contributed by atoms with E-state index in [2.05, 4.69) is 23.5 Å². The average molecular weight is 582 g/mol. The number of aliphatic imine (C=N–C) groups is 1. The van der Waals surface area contributed by atoms with E-state index in [1.165, 1.54) is 0 Å². The van der Waals surface area contributed by atoms with Crippen LogP contribution >= 0.6 is 11.6 Å². The molecular formula is C31H37ClF5N3. The van der Waals surface area contributed by atoms with Gasteiger partial charge in [0, 0.05) is 40.0 Å². The SMILES string of the molecule is C=C(/C=C\N=C(C)CCC)C(F)(F)F.CCCCc1c(C(C)c2ccc(C)c(F)c2F)[nH]c2ccc(Cl)c(N)c12. The van der Waals surface area contributed by atoms with Crippen molar-refractivity contribution in [2.45, 2.75) is 78.8 Å². The molecule has 0 radical (unpaired) electrons. The molecule has 218 valence electrons. The summed E-state index contributed by atoms with van der Waals surface area (Å²) in [6.07, 6.45) is 2.19. The summed E-state index contributed by atoms with van der Waals surface area (Å²) in [7, 11) is 0. The summed E-state index contributed by atoms with van der Waals surface area (Å²) in [5.74, 6) is -1.91. The molecule has 3 nitrogen and oxygen atoms in total. The Labute approximate surface area is 238 Å². The van der Waals surface area contributed by atoms with Gasteiger partial charge in [-0.1, -0.05) is 63.9 Å². The third-order valence-electron chi connectivity index (χ3n) is 6.62. The molecule has 0 saturated carbocycles. The Balaban J connectivity index is 0.000000342. The first-order chi connectivity index (χ1) is 18.7. The molecule has 3 aromatic rings. The van der Waals surface area contributed by atoms with E-state index < -0.39 is 23.4 Å². The van der Waals surface area contributed by atoms with Gasteiger partial charge in [0.15, 0.2) is 11.6 Å². The summed E-state index contributed by atoms with van der Waals surface area (Å²) in [6, 6.07) is 6.90. The van der Waals surface area contributed by atoms with Gasteiger partial charge in [-0.25, -0.2) is 8.78 Å². The number of nitrogens with one attached hydrogen (secondary N) is 1. The van der Waals surface area contributed by atoms with E-state index in [9.17, 15) is 22.0 Å². The topological polar surface area (TPSA) is 54.2 Å². The molecule has 0 aliphatic carbocycles. The van der Waals surface area contributed by atoms with Gasteiger partial charge < -0.3 is 10.7 Å². The van der Waals surface area contributed by atoms with Gasteiger partial charge in [-0.15, -0.1) is 0 Å². The Bertz CT molecular complexity index is 1390. The highest BCUT2D eigenvalue weighted by Gasteiger charge is 2.29. The number of aryl methyl sites for hydroxylation is 2. The van der Waals surface area contributed by atoms with Gasteiger partial charge in [0.25, 0.3) is 0 Å². The molecule has 0 aliphatic heterocycles. The molecule has 3 N–H and O–H groups in total. The van der Waals surface area contributed by atoms with Crippen LogP contribution in [0.4, 0.5) is 27.6 Å². The fourth-order valence-corrected chi connectivity index (χ4v) is 4.45. The van der Waals surface area contributed by atoms with Crippen molar-refractivity contribution >= 4 is 33.9 Å². The number of nitrogens with zero attached hydrogens (tertiary/aromatic N) is 1. The maximum atomic E-state index is 14.5. The van der Waals surface area contributed by atoms with Crippen molar-refractivity contribution in [2.24, 2.45) is 4.99 Å². The van der Waals surface area contributed by atoms with Crippen LogP contribution in [0.25, 0.3) is 10.9 Å². The van der Waals surface area contributed by atoms with Gasteiger partial charge in [0.05, 0.1) is 10.7 Å². The first kappa shape index (κ1) is 33.1. The second kappa shape index (κ2) is 14.5. The predicted octanol–water partition coefficient (Wildman–Crippen LogP) is 10.4. The Morgan fingerprint density at radius 1 is 1.12 bits per heavy atom. The first-order valence-corrected chi connectivity index (χ1v) is 13.6. The minimum Gasteiger partial charge on any atom is -0.397 e. The Morgan fingerprint density at radius 2 is 1.80 bits per heavy atom. The molecule has 0 fully saturated rings. The number of benzene rings is 2. The molecular weight excluding hydrogens is 545 g/mol. The van der Waals surface area contributed by atoms with Crippen molar-refractivity contribution in [3.05, 3.63) is 87.7 Å². The monoisotopic (exact) mass is 581 g/mol. The summed E-state index contributed by atoms with van der Waals surface area (Å²) in [4.78, 5) is 7.22. The number of allylic oxidation sites excluding steroid dienone is 2. The summed E-state index contributed by atoms with van der Waals surface area (Å²) in [5.41, 5.74) is 10.1. The van der Waals surface area contributed by atoms with E-state index in [1.807, 2.05) is 19.9 Å². The van der Waals surface area contributed by atoms with Crippen LogP contribution in [0.3, 0.4) is 0 Å². The summed E-state index contributed by atoms with van der Waals surface area (Å²) >= 11 is 6.21. The molecule has 9 heteroatoms. The number of aromatic amines is 1. The number of nitrogens with two attached hydrogens (primary N) is 1. The molecule has 1 unspecified atom stereocenters. The fraction of sp³-hybridized carbons (Fsp3) is 0.387. The van der Waals surface area contributed by atoms with Gasteiger partial charge in [0.2, 0.25) is 0 Å². The molecule has 1 atom stereocenters. The van der Waals surface area contributed by atoms with E-state index in [1.54, 1.807) is 32.0 Å². The standard InChI is InChI=1S/C21H23ClF2N2.C10H14F3N/c1-4-5-6-14-17-16(10-9-15(22)20(17)25)26-21(14)12(3)13-8-7-11(2)18(23)19(13)24;1-4-5-9(3)14-7-6-8(2)10(11,12)13/h7-10,12,26H,4-6,25H2,1-3H3;6-7H,2,4-5H2,1,3H3/b;7-6-,14-9?. The average Bonchev–Trinajstić information content (AvgIpc) is 3.27. The maximum absolute atomic E-state index is 14.5. The Hall–Kier alpha value is -3.13. The van der Waals surface area contributed by atoms with Crippen molar-refractivity contribution < 1.29 is 22.0 Å². The largest absolute Gasteiger partial charge is 0.415 e. The third kappa shape index (κ3) is 8.19. The van der Waals surface area contributed by atoms with E-state index in [4.69, 9.17) is 17.3 Å². The minimum absolute atomic E-state index is 0.303. The Kier molecular flexibility index (Phi) is 12.0. The van der Waals surface area contributed by atoms with Gasteiger partial charge in [-0.3, -0.25) is 4.99 Å². The van der Waals surface area contributed by atoms with Crippen LogP contribution in [0.2, 0.25) is 5.02 Å². The molecule has 2 aromatic carbocycles. The second-order valence-corrected chi connectivity index (χ2v) is 10.2. The zero-order valence-corrected chi connectivity index (χ0v) is 24.3. The summed E-state index contributed by atoms with van der Waals surface area (Å²) in [6.45, 7) is 12.2. The lowest BCUT2D eigenvalue weighted by Gasteiger charge is -2.16. The van der Waals surface area contributed by atoms with Crippen molar-refractivity contribution in [2.75, 3.05) is 5.73 Å². The molecule has 1 aromatic heterocycles. The van der Waals surface area contributed by atoms with E-state index in [0.717, 1.165) is 72.3 Å². The highest BCUT2D eigenvalue weighted by atomic mass is 35.5. The third-order valence-corrected chi connectivity index (χ3v) is 6.95. The molecule has 0 saturated heterocycles. The number of halogens is 6. The van der Waals surface area contributed by atoms with E-state index >= 15 is 0 Å². The van der Waals surface area contributed by atoms with Gasteiger partial charge >= 0.3 is 6.18 Å². The second-order valence-electron chi connectivity index (χ2n) is 9.78. The highest BCUT2D eigenvalue weighted by Crippen LogP contribution is 2.39. The summed E-state index contributed by atoms with van der Waals surface area (Å²) < 4.78 is 64.4. The Morgan fingerprint density at radius 3 is 2.40 bits per heavy atom. The lowest BCUT2D eigenvalue weighted by Crippen LogP contribution is -2.08. The van der Waals surface area contributed by atoms with Crippen LogP contribution in [0.15, 0.2) is 53.7 Å². The molecule has 0 amide bonds. The van der Waals surface area contributed by atoms with E-state index in [0.29, 0.717) is 21.8 Å². The first-order valence-electron chi connectivity index (χ1n) is 13.2. The van der Waals surface area contributed by atoms with Gasteiger partial charge in [-0.2, -0.15) is 13.2 Å². The minimum atomic E-state index is -4.36. The highest BCUT2D eigenvalue weighted by molar-refractivity contribution is 6.34. The number of H-pyrrole nitrogens is 1. The number of nitrogen functional groups attached to an aromatic ring is 1. The molecule has 40 heavy (non-hydrogen) atoms. The number of rotatable bonds is 9. The number of aromatic nitrogens is 1. The summed E-state index contributed by atoms with van der Waals surface area (Å²) in [5, 5.41) is 1.39. The number of anilines is 1. The smallest absolute Gasteiger partial charge is 0.397 e. The van der Waals surface area contributed by atoms with Crippen LogP contribution < -0.4 is 5.73 Å². The van der Waals surface area contributed by atoms with Crippen molar-refractivity contribution in [1.29, 1.82) is 0 Å². The van der Waals surface area contributed by atoms with Gasteiger partial charge in [-0.05, 0) is 68.0 Å². The number of alkyl halides is 3. The lowest BCUT2D eigenvalue weighted by atomic mass is 9.91. The van der Waals surface area contributed by atoms with Crippen molar-refractivity contribution in [3.63, 3.8) is 0 Å². The number of hydrogen-bond donors (Lipinski definition) is 2. The van der Waals surface area contributed by atoms with Gasteiger partial charge in [0.1, 0.15) is 0 Å². The maximum Gasteiger partial charge on any atom is 0.415 e.